The molecule has 0 saturated carbocycles. The number of benzene rings is 1. The number of rotatable bonds is 6. The average molecular weight is 273 g/mol. The van der Waals surface area contributed by atoms with E-state index in [2.05, 4.69) is 9.46 Å². The van der Waals surface area contributed by atoms with Crippen LogP contribution < -0.4 is 9.46 Å². The molecule has 100 valence electrons. The van der Waals surface area contributed by atoms with E-state index in [1.54, 1.807) is 19.1 Å². The summed E-state index contributed by atoms with van der Waals surface area (Å²) in [5.74, 6) is -0.412. The second kappa shape index (κ2) is 6.36. The topological polar surface area (TPSA) is 81.7 Å². The minimum Gasteiger partial charge on any atom is -0.495 e. The van der Waals surface area contributed by atoms with E-state index in [0.717, 1.165) is 0 Å². The first kappa shape index (κ1) is 14.5. The minimum absolute atomic E-state index is 0.0169. The van der Waals surface area contributed by atoms with Crippen molar-refractivity contribution in [1.82, 2.24) is 4.72 Å². The molecule has 0 unspecified atom stereocenters. The predicted octanol–water partition coefficient (Wildman–Crippen LogP) is 0.537. The molecule has 1 rings (SSSR count). The fourth-order valence-electron chi connectivity index (χ4n) is 1.28. The molecule has 0 radical (unpaired) electrons. The molecule has 0 fully saturated rings. The highest BCUT2D eigenvalue weighted by Crippen LogP contribution is 2.22. The third kappa shape index (κ3) is 3.71. The monoisotopic (exact) mass is 273 g/mol. The number of hydrogen-bond donors (Lipinski definition) is 1. The summed E-state index contributed by atoms with van der Waals surface area (Å²) in [5, 5.41) is 0. The van der Waals surface area contributed by atoms with Crippen molar-refractivity contribution in [3.63, 3.8) is 0 Å². The molecular weight excluding hydrogens is 258 g/mol. The quantitative estimate of drug-likeness (QED) is 0.765. The minimum atomic E-state index is -3.79. The molecule has 0 atom stereocenters. The number of nitrogens with one attached hydrogen (secondary N) is 1. The van der Waals surface area contributed by atoms with Gasteiger partial charge in [-0.15, -0.1) is 0 Å². The molecule has 0 heterocycles. The standard InChI is InChI=1S/C11H15NO5S/c1-3-17-11(13)8-12-18(14,15)10-7-5-4-6-9(10)16-2/h4-7,12H,3,8H2,1-2H3. The van der Waals surface area contributed by atoms with E-state index in [1.807, 2.05) is 0 Å². The largest absolute Gasteiger partial charge is 0.495 e. The number of hydrogen-bond acceptors (Lipinski definition) is 5. The van der Waals surface area contributed by atoms with Gasteiger partial charge in [0, 0.05) is 0 Å². The molecule has 0 aromatic heterocycles. The van der Waals surface area contributed by atoms with Crippen molar-refractivity contribution in [2.45, 2.75) is 11.8 Å². The van der Waals surface area contributed by atoms with Crippen molar-refractivity contribution < 1.29 is 22.7 Å². The highest BCUT2D eigenvalue weighted by molar-refractivity contribution is 7.89. The molecule has 18 heavy (non-hydrogen) atoms. The molecule has 0 saturated heterocycles. The Morgan fingerprint density at radius 3 is 2.61 bits per heavy atom. The van der Waals surface area contributed by atoms with Crippen molar-refractivity contribution in [3.8, 4) is 5.75 Å². The van der Waals surface area contributed by atoms with Crippen LogP contribution in [0.3, 0.4) is 0 Å². The van der Waals surface area contributed by atoms with Gasteiger partial charge in [-0.05, 0) is 19.1 Å². The number of ether oxygens (including phenoxy) is 2. The van der Waals surface area contributed by atoms with E-state index < -0.39 is 22.5 Å². The number of para-hydroxylation sites is 1. The molecule has 0 bridgehead atoms. The van der Waals surface area contributed by atoms with Gasteiger partial charge in [0.2, 0.25) is 10.0 Å². The van der Waals surface area contributed by atoms with Crippen molar-refractivity contribution >= 4 is 16.0 Å². The van der Waals surface area contributed by atoms with Crippen molar-refractivity contribution in [1.29, 1.82) is 0 Å². The molecule has 6 nitrogen and oxygen atoms in total. The Hall–Kier alpha value is -1.60. The zero-order valence-corrected chi connectivity index (χ0v) is 11.0. The summed E-state index contributed by atoms with van der Waals surface area (Å²) in [7, 11) is -2.42. The van der Waals surface area contributed by atoms with Gasteiger partial charge in [0.05, 0.1) is 13.7 Å². The molecule has 0 aliphatic heterocycles. The third-order valence-electron chi connectivity index (χ3n) is 2.07. The maximum Gasteiger partial charge on any atom is 0.321 e. The van der Waals surface area contributed by atoms with Crippen molar-refractivity contribution in [3.05, 3.63) is 24.3 Å². The van der Waals surface area contributed by atoms with Gasteiger partial charge in [0.25, 0.3) is 0 Å². The summed E-state index contributed by atoms with van der Waals surface area (Å²) < 4.78 is 35.6. The second-order valence-electron chi connectivity index (χ2n) is 3.28. The molecule has 1 N–H and O–H groups in total. The predicted molar refractivity (Wildman–Crippen MR) is 64.8 cm³/mol. The maximum absolute atomic E-state index is 11.9. The lowest BCUT2D eigenvalue weighted by Gasteiger charge is -2.09. The molecule has 0 amide bonds. The van der Waals surface area contributed by atoms with Crippen LogP contribution in [0.4, 0.5) is 0 Å². The van der Waals surface area contributed by atoms with Gasteiger partial charge in [0.1, 0.15) is 17.2 Å². The van der Waals surface area contributed by atoms with Crippen LogP contribution in [-0.4, -0.2) is 34.6 Å². The van der Waals surface area contributed by atoms with Gasteiger partial charge in [-0.2, -0.15) is 4.72 Å². The Labute approximate surface area is 106 Å². The molecular formula is C11H15NO5S. The van der Waals surface area contributed by atoms with Gasteiger partial charge in [-0.25, -0.2) is 8.42 Å². The van der Waals surface area contributed by atoms with E-state index in [-0.39, 0.29) is 17.3 Å². The first-order chi connectivity index (χ1) is 8.51. The van der Waals surface area contributed by atoms with Gasteiger partial charge in [-0.1, -0.05) is 12.1 Å². The fraction of sp³-hybridized carbons (Fsp3) is 0.364. The summed E-state index contributed by atoms with van der Waals surface area (Å²) in [6.07, 6.45) is 0. The molecule has 0 aliphatic carbocycles. The van der Waals surface area contributed by atoms with Crippen LogP contribution in [0.15, 0.2) is 29.2 Å². The Bertz CT molecular complexity index is 512. The van der Waals surface area contributed by atoms with E-state index in [9.17, 15) is 13.2 Å². The summed E-state index contributed by atoms with van der Waals surface area (Å²) in [4.78, 5) is 11.1. The van der Waals surface area contributed by atoms with Crippen molar-refractivity contribution in [2.75, 3.05) is 20.3 Å². The van der Waals surface area contributed by atoms with Crippen LogP contribution in [0.2, 0.25) is 0 Å². The first-order valence-corrected chi connectivity index (χ1v) is 6.78. The highest BCUT2D eigenvalue weighted by atomic mass is 32.2. The van der Waals surface area contributed by atoms with Gasteiger partial charge in [0.15, 0.2) is 0 Å². The summed E-state index contributed by atoms with van der Waals surface area (Å²) in [5.41, 5.74) is 0. The van der Waals surface area contributed by atoms with Gasteiger partial charge in [-0.3, -0.25) is 4.79 Å². The zero-order chi connectivity index (χ0) is 13.6. The number of sulfonamides is 1. The lowest BCUT2D eigenvalue weighted by molar-refractivity contribution is -0.141. The number of esters is 1. The summed E-state index contributed by atoms with van der Waals surface area (Å²) in [6, 6.07) is 6.15. The molecule has 1 aromatic rings. The zero-order valence-electron chi connectivity index (χ0n) is 10.2. The first-order valence-electron chi connectivity index (χ1n) is 5.29. The van der Waals surface area contributed by atoms with Crippen LogP contribution in [0, 0.1) is 0 Å². The second-order valence-corrected chi connectivity index (χ2v) is 5.02. The van der Waals surface area contributed by atoms with Crippen LogP contribution in [0.1, 0.15) is 6.92 Å². The van der Waals surface area contributed by atoms with E-state index in [0.29, 0.717) is 0 Å². The Morgan fingerprint density at radius 2 is 2.00 bits per heavy atom. The molecule has 0 aliphatic rings. The smallest absolute Gasteiger partial charge is 0.321 e. The van der Waals surface area contributed by atoms with Crippen LogP contribution in [0.25, 0.3) is 0 Å². The average Bonchev–Trinajstić information content (AvgIpc) is 2.37. The van der Waals surface area contributed by atoms with Crippen LogP contribution in [-0.2, 0) is 19.6 Å². The van der Waals surface area contributed by atoms with E-state index in [4.69, 9.17) is 4.74 Å². The molecule has 1 aromatic carbocycles. The SMILES string of the molecule is CCOC(=O)CNS(=O)(=O)c1ccccc1OC. The van der Waals surface area contributed by atoms with E-state index in [1.165, 1.54) is 19.2 Å². The van der Waals surface area contributed by atoms with Crippen molar-refractivity contribution in [2.24, 2.45) is 0 Å². The Morgan fingerprint density at radius 1 is 1.33 bits per heavy atom. The van der Waals surface area contributed by atoms with E-state index >= 15 is 0 Å². The number of carbonyl (C=O) groups excluding carboxylic acids is 1. The maximum atomic E-state index is 11.9. The molecule has 7 heteroatoms. The lowest BCUT2D eigenvalue weighted by Crippen LogP contribution is -2.30. The number of carbonyl (C=O) groups is 1. The molecule has 0 spiro atoms. The number of methoxy groups -OCH3 is 1. The Balaban J connectivity index is 2.83. The lowest BCUT2D eigenvalue weighted by atomic mass is 10.3. The van der Waals surface area contributed by atoms with Gasteiger partial charge < -0.3 is 9.47 Å². The van der Waals surface area contributed by atoms with Gasteiger partial charge >= 0.3 is 5.97 Å². The third-order valence-corrected chi connectivity index (χ3v) is 3.51. The fourth-order valence-corrected chi connectivity index (χ4v) is 2.42. The van der Waals surface area contributed by atoms with Crippen LogP contribution in [0.5, 0.6) is 5.75 Å². The summed E-state index contributed by atoms with van der Waals surface area (Å²) >= 11 is 0. The Kier molecular flexibility index (Phi) is 5.11. The normalized spacial score (nSPS) is 11.0. The summed E-state index contributed by atoms with van der Waals surface area (Å²) in [6.45, 7) is 1.44. The van der Waals surface area contributed by atoms with Crippen LogP contribution >= 0.6 is 0 Å². The highest BCUT2D eigenvalue weighted by Gasteiger charge is 2.19.